The summed E-state index contributed by atoms with van der Waals surface area (Å²) in [5, 5.41) is 26.7. The van der Waals surface area contributed by atoms with E-state index < -0.39 is 29.8 Å². The number of nitrogens with one attached hydrogen (secondary N) is 2. The molecule has 0 spiro atoms. The summed E-state index contributed by atoms with van der Waals surface area (Å²) in [5.74, 6) is -0.679. The smallest absolute Gasteiger partial charge is 0.297 e. The molecular formula is C43H45F2N9O3. The minimum Gasteiger partial charge on any atom is -0.436 e. The van der Waals surface area contributed by atoms with Gasteiger partial charge in [0.05, 0.1) is 17.2 Å². The average Bonchev–Trinajstić information content (AvgIpc) is 3.84. The number of aromatic nitrogens is 4. The van der Waals surface area contributed by atoms with Crippen LogP contribution < -0.4 is 10.6 Å². The van der Waals surface area contributed by atoms with Gasteiger partial charge in [-0.15, -0.1) is 0 Å². The van der Waals surface area contributed by atoms with Gasteiger partial charge in [0.15, 0.2) is 17.2 Å². The summed E-state index contributed by atoms with van der Waals surface area (Å²) in [6.07, 6.45) is 6.34. The lowest BCUT2D eigenvalue weighted by Gasteiger charge is -2.39. The van der Waals surface area contributed by atoms with Crippen LogP contribution in [0.2, 0.25) is 0 Å². The van der Waals surface area contributed by atoms with Crippen molar-refractivity contribution in [3.8, 4) is 6.07 Å². The van der Waals surface area contributed by atoms with E-state index in [4.69, 9.17) is 14.4 Å². The predicted octanol–water partition coefficient (Wildman–Crippen LogP) is 6.41. The number of aliphatic hydroxyl groups excluding tert-OH is 1. The Kier molecular flexibility index (Phi) is 10.6. The van der Waals surface area contributed by atoms with E-state index in [2.05, 4.69) is 36.5 Å². The number of benzene rings is 2. The van der Waals surface area contributed by atoms with E-state index in [0.29, 0.717) is 48.2 Å². The van der Waals surface area contributed by atoms with E-state index >= 15 is 0 Å². The lowest BCUT2D eigenvalue weighted by atomic mass is 9.73. The van der Waals surface area contributed by atoms with E-state index in [9.17, 15) is 23.9 Å². The first-order valence-corrected chi connectivity index (χ1v) is 19.4. The number of aliphatic hydroxyl groups is 1. The molecule has 0 bridgehead atoms. The quantitative estimate of drug-likeness (QED) is 0.144. The first-order chi connectivity index (χ1) is 27.5. The van der Waals surface area contributed by atoms with E-state index in [-0.39, 0.29) is 29.1 Å². The Morgan fingerprint density at radius 1 is 1.05 bits per heavy atom. The number of amides is 1. The molecule has 3 atom stereocenters. The van der Waals surface area contributed by atoms with Crippen molar-refractivity contribution < 1.29 is 23.1 Å². The second-order valence-electron chi connectivity index (χ2n) is 15.4. The third kappa shape index (κ3) is 7.50. The van der Waals surface area contributed by atoms with Crippen molar-refractivity contribution in [2.24, 2.45) is 11.8 Å². The number of anilines is 1. The zero-order valence-corrected chi connectivity index (χ0v) is 32.2. The van der Waals surface area contributed by atoms with E-state index in [1.54, 1.807) is 19.3 Å². The van der Waals surface area contributed by atoms with Gasteiger partial charge in [0.2, 0.25) is 11.8 Å². The molecule has 2 aliphatic heterocycles. The number of piperidine rings is 1. The van der Waals surface area contributed by atoms with Crippen LogP contribution in [0.15, 0.2) is 71.3 Å². The Balaban J connectivity index is 1.21. The van der Waals surface area contributed by atoms with Gasteiger partial charge in [-0.1, -0.05) is 43.3 Å². The zero-order chi connectivity index (χ0) is 39.8. The van der Waals surface area contributed by atoms with Gasteiger partial charge < -0.3 is 20.2 Å². The Hall–Kier alpha value is -5.62. The highest BCUT2D eigenvalue weighted by atomic mass is 19.3. The average molecular weight is 774 g/mol. The van der Waals surface area contributed by atoms with Crippen LogP contribution in [0.25, 0.3) is 27.7 Å². The molecule has 2 aromatic carbocycles. The Labute approximate surface area is 329 Å². The highest BCUT2D eigenvalue weighted by molar-refractivity contribution is 5.87. The highest BCUT2D eigenvalue weighted by Gasteiger charge is 2.45. The van der Waals surface area contributed by atoms with Gasteiger partial charge in [0.25, 0.3) is 6.43 Å². The standard InChI is InChI=1S/C43H45F2N9O3/c1-25-7-4-5-8-32(25)33-9-6-13-43(26(33)2,52-39-36-34(49-40(51-39)38(44)45)19-28(21-48-36)23-54-16-12-31(55)24-54)42-50-35-18-27(17-30(20-46)37(35)57-42)22-53-14-10-29(11-15-53)41(56)47-3/h4-9,13,17-19,21,26,29,31,38,55H,10-12,14-16,22-24H2,1-3H3,(H,47,56)(H,49,51,52). The number of aryl methyl sites for hydroxylation is 1. The number of likely N-dealkylation sites (tertiary alicyclic amines) is 2. The third-order valence-electron chi connectivity index (χ3n) is 11.7. The van der Waals surface area contributed by atoms with Crippen LogP contribution in [0.5, 0.6) is 0 Å². The first-order valence-electron chi connectivity index (χ1n) is 19.4. The summed E-state index contributed by atoms with van der Waals surface area (Å²) < 4.78 is 35.7. The number of rotatable bonds is 10. The monoisotopic (exact) mass is 773 g/mol. The van der Waals surface area contributed by atoms with E-state index in [0.717, 1.165) is 60.3 Å². The Morgan fingerprint density at radius 2 is 1.81 bits per heavy atom. The molecule has 5 heterocycles. The fourth-order valence-electron chi connectivity index (χ4n) is 8.53. The molecule has 0 radical (unpaired) electrons. The van der Waals surface area contributed by atoms with Gasteiger partial charge in [0.1, 0.15) is 22.6 Å². The lowest BCUT2D eigenvalue weighted by molar-refractivity contribution is -0.125. The van der Waals surface area contributed by atoms with Crippen LogP contribution in [0.1, 0.15) is 72.1 Å². The van der Waals surface area contributed by atoms with Crippen LogP contribution in [-0.2, 0) is 23.4 Å². The number of carbonyl (C=O) groups is 1. The van der Waals surface area contributed by atoms with Crippen molar-refractivity contribution >= 4 is 39.4 Å². The van der Waals surface area contributed by atoms with Crippen molar-refractivity contribution in [1.29, 1.82) is 5.26 Å². The van der Waals surface area contributed by atoms with Crippen LogP contribution in [0.4, 0.5) is 14.6 Å². The van der Waals surface area contributed by atoms with Gasteiger partial charge in [0, 0.05) is 51.3 Å². The highest BCUT2D eigenvalue weighted by Crippen LogP contribution is 2.46. The van der Waals surface area contributed by atoms with Crippen LogP contribution in [-0.4, -0.2) is 80.1 Å². The number of oxazole rings is 1. The summed E-state index contributed by atoms with van der Waals surface area (Å²) in [7, 11) is 1.66. The number of allylic oxidation sites excluding steroid dienone is 2. The molecule has 3 aliphatic rings. The molecule has 57 heavy (non-hydrogen) atoms. The number of carbonyl (C=O) groups excluding carboxylic acids is 1. The zero-order valence-electron chi connectivity index (χ0n) is 32.2. The summed E-state index contributed by atoms with van der Waals surface area (Å²) in [6, 6.07) is 15.8. The van der Waals surface area contributed by atoms with Gasteiger partial charge in [-0.2, -0.15) is 5.26 Å². The summed E-state index contributed by atoms with van der Waals surface area (Å²) in [5.41, 5.74) is 5.09. The van der Waals surface area contributed by atoms with Crippen molar-refractivity contribution in [2.75, 3.05) is 38.5 Å². The molecule has 3 unspecified atom stereocenters. The Bertz CT molecular complexity index is 2430. The number of halogens is 2. The maximum Gasteiger partial charge on any atom is 0.297 e. The van der Waals surface area contributed by atoms with Gasteiger partial charge >= 0.3 is 0 Å². The molecule has 3 N–H and O–H groups in total. The minimum absolute atomic E-state index is 0.0136. The molecular weight excluding hydrogens is 729 g/mol. The largest absolute Gasteiger partial charge is 0.436 e. The number of alkyl halides is 2. The maximum atomic E-state index is 14.5. The lowest BCUT2D eigenvalue weighted by Crippen LogP contribution is -2.42. The molecule has 12 nitrogen and oxygen atoms in total. The fourth-order valence-corrected chi connectivity index (χ4v) is 8.53. The number of β-amino-alcohol motifs (C(OH)–C–C–N with tert-alkyl or cyclic N) is 1. The van der Waals surface area contributed by atoms with Crippen molar-refractivity contribution in [2.45, 2.75) is 64.3 Å². The topological polar surface area (TPSA) is 156 Å². The minimum atomic E-state index is -2.96. The molecule has 1 amide bonds. The number of hydrogen-bond acceptors (Lipinski definition) is 11. The van der Waals surface area contributed by atoms with Crippen molar-refractivity contribution in [1.82, 2.24) is 35.1 Å². The van der Waals surface area contributed by atoms with Gasteiger partial charge in [-0.05, 0) is 91.4 Å². The predicted molar refractivity (Wildman–Crippen MR) is 212 cm³/mol. The van der Waals surface area contributed by atoms with Crippen molar-refractivity contribution in [3.05, 3.63) is 106 Å². The molecule has 294 valence electrons. The van der Waals surface area contributed by atoms with E-state index in [1.807, 2.05) is 68.5 Å². The molecule has 0 saturated carbocycles. The molecule has 2 saturated heterocycles. The molecule has 2 fully saturated rings. The molecule has 5 aromatic rings. The number of nitriles is 1. The summed E-state index contributed by atoms with van der Waals surface area (Å²) in [4.78, 5) is 35.0. The number of fused-ring (bicyclic) bond motifs is 2. The van der Waals surface area contributed by atoms with Gasteiger partial charge in [-0.3, -0.25) is 19.6 Å². The second-order valence-corrected chi connectivity index (χ2v) is 15.4. The normalized spacial score (nSPS) is 22.0. The SMILES string of the molecule is CNC(=O)C1CCN(Cc2cc(C#N)c3oc(C4(Nc5nc(C(F)F)nc6cc(CN7CCC(O)C7)cnc56)C=CC=C(c5ccccc5C)C4C)nc3c2)CC1. The molecule has 3 aromatic heterocycles. The number of hydrogen-bond donors (Lipinski definition) is 3. The van der Waals surface area contributed by atoms with E-state index in [1.165, 1.54) is 0 Å². The fraction of sp³-hybridized carbons (Fsp3) is 0.395. The number of nitrogens with zero attached hydrogens (tertiary/aromatic N) is 7. The molecule has 8 rings (SSSR count). The number of pyridine rings is 1. The second kappa shape index (κ2) is 15.7. The summed E-state index contributed by atoms with van der Waals surface area (Å²) in [6.45, 7) is 7.86. The molecule has 14 heteroatoms. The summed E-state index contributed by atoms with van der Waals surface area (Å²) >= 11 is 0. The van der Waals surface area contributed by atoms with Gasteiger partial charge in [-0.25, -0.2) is 23.7 Å². The van der Waals surface area contributed by atoms with Crippen LogP contribution in [0, 0.1) is 30.1 Å². The van der Waals surface area contributed by atoms with Crippen molar-refractivity contribution in [3.63, 3.8) is 0 Å². The third-order valence-corrected chi connectivity index (χ3v) is 11.7. The Morgan fingerprint density at radius 3 is 2.53 bits per heavy atom. The first kappa shape index (κ1) is 38.3. The van der Waals surface area contributed by atoms with Crippen LogP contribution >= 0.6 is 0 Å². The van der Waals surface area contributed by atoms with Crippen LogP contribution in [0.3, 0.4) is 0 Å². The maximum absolute atomic E-state index is 14.5. The molecule has 1 aliphatic carbocycles.